The van der Waals surface area contributed by atoms with Gasteiger partial charge in [0.2, 0.25) is 0 Å². The van der Waals surface area contributed by atoms with Crippen molar-refractivity contribution in [1.29, 1.82) is 0 Å². The minimum Gasteiger partial charge on any atom is -0.358 e. The SMILES string of the molecule is Cc1[nH]c2ccc(C(=O)NC(C)c3ccc(F)cc3F)cc2c1C. The van der Waals surface area contributed by atoms with Gasteiger partial charge in [-0.2, -0.15) is 0 Å². The standard InChI is InChI=1S/C19H18F2N2O/c1-10-11(2)22-18-7-4-13(8-16(10)18)19(24)23-12(3)15-6-5-14(20)9-17(15)21/h4-9,12,22H,1-3H3,(H,23,24). The number of aromatic amines is 1. The van der Waals surface area contributed by atoms with E-state index < -0.39 is 17.7 Å². The minimum atomic E-state index is -0.671. The first kappa shape index (κ1) is 16.2. The molecule has 1 atom stereocenters. The highest BCUT2D eigenvalue weighted by atomic mass is 19.1. The van der Waals surface area contributed by atoms with E-state index in [-0.39, 0.29) is 11.5 Å². The summed E-state index contributed by atoms with van der Waals surface area (Å²) in [6.45, 7) is 5.64. The Balaban J connectivity index is 1.85. The number of amides is 1. The lowest BCUT2D eigenvalue weighted by Gasteiger charge is -2.15. The molecule has 0 fully saturated rings. The van der Waals surface area contributed by atoms with Gasteiger partial charge < -0.3 is 10.3 Å². The van der Waals surface area contributed by atoms with Crippen LogP contribution in [0.4, 0.5) is 8.78 Å². The van der Waals surface area contributed by atoms with E-state index >= 15 is 0 Å². The molecule has 1 heterocycles. The summed E-state index contributed by atoms with van der Waals surface area (Å²) in [5.41, 5.74) is 3.87. The first-order valence-electron chi connectivity index (χ1n) is 7.71. The zero-order valence-corrected chi connectivity index (χ0v) is 13.7. The van der Waals surface area contributed by atoms with Crippen LogP contribution in [0.15, 0.2) is 36.4 Å². The van der Waals surface area contributed by atoms with E-state index in [0.29, 0.717) is 5.56 Å². The number of rotatable bonds is 3. The van der Waals surface area contributed by atoms with E-state index in [2.05, 4.69) is 10.3 Å². The lowest BCUT2D eigenvalue weighted by Crippen LogP contribution is -2.27. The van der Waals surface area contributed by atoms with E-state index in [1.807, 2.05) is 26.0 Å². The summed E-state index contributed by atoms with van der Waals surface area (Å²) in [6, 6.07) is 8.17. The van der Waals surface area contributed by atoms with Crippen LogP contribution < -0.4 is 5.32 Å². The van der Waals surface area contributed by atoms with Gasteiger partial charge in [-0.05, 0) is 50.6 Å². The van der Waals surface area contributed by atoms with Gasteiger partial charge in [-0.3, -0.25) is 4.79 Å². The molecule has 0 spiro atoms. The van der Waals surface area contributed by atoms with Crippen LogP contribution >= 0.6 is 0 Å². The van der Waals surface area contributed by atoms with Crippen LogP contribution in [-0.2, 0) is 0 Å². The Morgan fingerprint density at radius 3 is 2.58 bits per heavy atom. The van der Waals surface area contributed by atoms with Gasteiger partial charge in [0.05, 0.1) is 6.04 Å². The second-order valence-electron chi connectivity index (χ2n) is 6.00. The van der Waals surface area contributed by atoms with Gasteiger partial charge in [0, 0.05) is 33.8 Å². The van der Waals surface area contributed by atoms with E-state index in [1.54, 1.807) is 13.0 Å². The Kier molecular flexibility index (Phi) is 4.09. The van der Waals surface area contributed by atoms with Crippen molar-refractivity contribution in [1.82, 2.24) is 10.3 Å². The van der Waals surface area contributed by atoms with Crippen LogP contribution in [0.5, 0.6) is 0 Å². The highest BCUT2D eigenvalue weighted by Crippen LogP contribution is 2.23. The van der Waals surface area contributed by atoms with Crippen molar-refractivity contribution in [3.63, 3.8) is 0 Å². The Hall–Kier alpha value is -2.69. The molecule has 0 saturated carbocycles. The van der Waals surface area contributed by atoms with Gasteiger partial charge in [0.1, 0.15) is 11.6 Å². The monoisotopic (exact) mass is 328 g/mol. The largest absolute Gasteiger partial charge is 0.358 e. The quantitative estimate of drug-likeness (QED) is 0.728. The summed E-state index contributed by atoms with van der Waals surface area (Å²) >= 11 is 0. The number of aryl methyl sites for hydroxylation is 2. The number of carbonyl (C=O) groups is 1. The molecule has 0 aliphatic heterocycles. The third kappa shape index (κ3) is 2.89. The third-order valence-electron chi connectivity index (χ3n) is 4.35. The number of H-pyrrole nitrogens is 1. The molecule has 2 N–H and O–H groups in total. The summed E-state index contributed by atoms with van der Waals surface area (Å²) in [5.74, 6) is -1.61. The van der Waals surface area contributed by atoms with E-state index in [9.17, 15) is 13.6 Å². The van der Waals surface area contributed by atoms with Crippen molar-refractivity contribution in [2.45, 2.75) is 26.8 Å². The van der Waals surface area contributed by atoms with Crippen molar-refractivity contribution in [3.05, 3.63) is 70.4 Å². The molecule has 2 aromatic carbocycles. The normalized spacial score (nSPS) is 12.4. The van der Waals surface area contributed by atoms with Crippen molar-refractivity contribution in [3.8, 4) is 0 Å². The number of fused-ring (bicyclic) bond motifs is 1. The highest BCUT2D eigenvalue weighted by Gasteiger charge is 2.16. The van der Waals surface area contributed by atoms with E-state index in [1.165, 1.54) is 12.1 Å². The average molecular weight is 328 g/mol. The van der Waals surface area contributed by atoms with Crippen molar-refractivity contribution < 1.29 is 13.6 Å². The average Bonchev–Trinajstić information content (AvgIpc) is 2.81. The number of carbonyl (C=O) groups excluding carboxylic acids is 1. The number of aromatic nitrogens is 1. The van der Waals surface area contributed by atoms with E-state index in [0.717, 1.165) is 28.2 Å². The maximum Gasteiger partial charge on any atom is 0.251 e. The first-order chi connectivity index (χ1) is 11.4. The topological polar surface area (TPSA) is 44.9 Å². The predicted octanol–water partition coefficient (Wildman–Crippen LogP) is 4.55. The summed E-state index contributed by atoms with van der Waals surface area (Å²) in [5, 5.41) is 3.74. The van der Waals surface area contributed by atoms with Gasteiger partial charge in [0.15, 0.2) is 0 Å². The Morgan fingerprint density at radius 1 is 1.12 bits per heavy atom. The molecule has 24 heavy (non-hydrogen) atoms. The smallest absolute Gasteiger partial charge is 0.251 e. The lowest BCUT2D eigenvalue weighted by atomic mass is 10.1. The number of benzene rings is 2. The summed E-state index contributed by atoms with van der Waals surface area (Å²) in [7, 11) is 0. The van der Waals surface area contributed by atoms with Gasteiger partial charge in [-0.15, -0.1) is 0 Å². The molecule has 0 radical (unpaired) electrons. The molecular formula is C19H18F2N2O. The minimum absolute atomic E-state index is 0.250. The third-order valence-corrected chi connectivity index (χ3v) is 4.35. The molecule has 0 saturated heterocycles. The number of nitrogens with one attached hydrogen (secondary N) is 2. The second-order valence-corrected chi connectivity index (χ2v) is 6.00. The summed E-state index contributed by atoms with van der Waals surface area (Å²) < 4.78 is 26.8. The molecule has 3 rings (SSSR count). The molecule has 1 amide bonds. The van der Waals surface area contributed by atoms with Gasteiger partial charge in [-0.1, -0.05) is 6.07 Å². The molecule has 0 aliphatic carbocycles. The summed E-state index contributed by atoms with van der Waals surface area (Å²) in [4.78, 5) is 15.7. The first-order valence-corrected chi connectivity index (χ1v) is 7.71. The Bertz CT molecular complexity index is 931. The molecule has 1 unspecified atom stereocenters. The zero-order valence-electron chi connectivity index (χ0n) is 13.7. The van der Waals surface area contributed by atoms with Crippen molar-refractivity contribution in [2.75, 3.05) is 0 Å². The Morgan fingerprint density at radius 2 is 1.88 bits per heavy atom. The fourth-order valence-corrected chi connectivity index (χ4v) is 2.81. The van der Waals surface area contributed by atoms with E-state index in [4.69, 9.17) is 0 Å². The highest BCUT2D eigenvalue weighted by molar-refractivity contribution is 5.99. The van der Waals surface area contributed by atoms with Crippen LogP contribution in [0, 0.1) is 25.5 Å². The molecule has 0 aliphatic rings. The summed E-state index contributed by atoms with van der Waals surface area (Å²) in [6.07, 6.45) is 0. The van der Waals surface area contributed by atoms with Crippen molar-refractivity contribution >= 4 is 16.8 Å². The lowest BCUT2D eigenvalue weighted by molar-refractivity contribution is 0.0939. The molecule has 3 nitrogen and oxygen atoms in total. The van der Waals surface area contributed by atoms with Crippen LogP contribution in [0.2, 0.25) is 0 Å². The number of hydrogen-bond donors (Lipinski definition) is 2. The number of hydrogen-bond acceptors (Lipinski definition) is 1. The van der Waals surface area contributed by atoms with Gasteiger partial charge >= 0.3 is 0 Å². The van der Waals surface area contributed by atoms with Crippen LogP contribution in [0.1, 0.15) is 40.1 Å². The van der Waals surface area contributed by atoms with Gasteiger partial charge in [-0.25, -0.2) is 8.78 Å². The second kappa shape index (κ2) is 6.07. The van der Waals surface area contributed by atoms with Crippen molar-refractivity contribution in [2.24, 2.45) is 0 Å². The molecule has 0 bridgehead atoms. The van der Waals surface area contributed by atoms with Gasteiger partial charge in [0.25, 0.3) is 5.91 Å². The van der Waals surface area contributed by atoms with Crippen LogP contribution in [0.3, 0.4) is 0 Å². The van der Waals surface area contributed by atoms with Crippen LogP contribution in [0.25, 0.3) is 10.9 Å². The molecular weight excluding hydrogens is 310 g/mol. The molecule has 3 aromatic rings. The molecule has 5 heteroatoms. The zero-order chi connectivity index (χ0) is 17.4. The maximum absolute atomic E-state index is 13.8. The molecule has 124 valence electrons. The predicted molar refractivity (Wildman–Crippen MR) is 90.0 cm³/mol. The Labute approximate surface area is 138 Å². The molecule has 1 aromatic heterocycles. The van der Waals surface area contributed by atoms with Crippen LogP contribution in [-0.4, -0.2) is 10.9 Å². The fourth-order valence-electron chi connectivity index (χ4n) is 2.81. The fraction of sp³-hybridized carbons (Fsp3) is 0.211. The maximum atomic E-state index is 13.8. The number of halogens is 2.